The Labute approximate surface area is 94.1 Å². The number of thioether (sulfide) groups is 1. The van der Waals surface area contributed by atoms with E-state index < -0.39 is 12.0 Å². The summed E-state index contributed by atoms with van der Waals surface area (Å²) in [5, 5.41) is 11.1. The second kappa shape index (κ2) is 7.34. The highest BCUT2D eigenvalue weighted by molar-refractivity contribution is 7.99. The van der Waals surface area contributed by atoms with Gasteiger partial charge >= 0.3 is 5.97 Å². The monoisotopic (exact) mass is 231 g/mol. The van der Waals surface area contributed by atoms with E-state index in [1.807, 2.05) is 6.26 Å². The van der Waals surface area contributed by atoms with Gasteiger partial charge in [0.2, 0.25) is 5.91 Å². The first-order valence-electron chi connectivity index (χ1n) is 4.69. The molecule has 0 aromatic carbocycles. The standard InChI is InChI=1S/C10H17NO3S/c1-4-5-6-8(10(13)14)11-9(12)7(2)15-3/h4,7-8H,1,5-6H2,2-3H3,(H,11,12)(H,13,14). The van der Waals surface area contributed by atoms with Gasteiger partial charge in [-0.3, -0.25) is 4.79 Å². The van der Waals surface area contributed by atoms with Crippen LogP contribution in [0.2, 0.25) is 0 Å². The molecule has 0 spiro atoms. The molecule has 2 N–H and O–H groups in total. The van der Waals surface area contributed by atoms with Gasteiger partial charge in [-0.05, 0) is 26.0 Å². The molecule has 0 rings (SSSR count). The lowest BCUT2D eigenvalue weighted by Gasteiger charge is -2.16. The topological polar surface area (TPSA) is 66.4 Å². The van der Waals surface area contributed by atoms with E-state index in [4.69, 9.17) is 5.11 Å². The fourth-order valence-corrected chi connectivity index (χ4v) is 1.22. The number of aliphatic carboxylic acids is 1. The van der Waals surface area contributed by atoms with E-state index in [0.29, 0.717) is 12.8 Å². The van der Waals surface area contributed by atoms with Gasteiger partial charge in [-0.2, -0.15) is 11.8 Å². The average molecular weight is 231 g/mol. The lowest BCUT2D eigenvalue weighted by Crippen LogP contribution is -2.43. The summed E-state index contributed by atoms with van der Waals surface area (Å²) in [6, 6.07) is -0.815. The molecule has 0 heterocycles. The van der Waals surface area contributed by atoms with E-state index in [1.54, 1.807) is 13.0 Å². The van der Waals surface area contributed by atoms with Gasteiger partial charge in [0.05, 0.1) is 5.25 Å². The van der Waals surface area contributed by atoms with E-state index in [1.165, 1.54) is 11.8 Å². The summed E-state index contributed by atoms with van der Waals surface area (Å²) in [7, 11) is 0. The summed E-state index contributed by atoms with van der Waals surface area (Å²) in [6.45, 7) is 5.26. The van der Waals surface area contributed by atoms with Gasteiger partial charge in [-0.15, -0.1) is 6.58 Å². The molecule has 0 saturated heterocycles. The third kappa shape index (κ3) is 5.47. The first kappa shape index (κ1) is 14.0. The van der Waals surface area contributed by atoms with Crippen molar-refractivity contribution in [1.29, 1.82) is 0 Å². The second-order valence-corrected chi connectivity index (χ2v) is 4.32. The second-order valence-electron chi connectivity index (χ2n) is 3.14. The highest BCUT2D eigenvalue weighted by Gasteiger charge is 2.21. The zero-order valence-electron chi connectivity index (χ0n) is 9.03. The van der Waals surface area contributed by atoms with Crippen LogP contribution in [0.25, 0.3) is 0 Å². The molecule has 86 valence electrons. The van der Waals surface area contributed by atoms with E-state index in [2.05, 4.69) is 11.9 Å². The number of allylic oxidation sites excluding steroid dienone is 1. The van der Waals surface area contributed by atoms with Crippen LogP contribution in [0.1, 0.15) is 19.8 Å². The number of amides is 1. The number of rotatable bonds is 7. The molecule has 0 fully saturated rings. The molecule has 0 aliphatic heterocycles. The SMILES string of the molecule is C=CCCC(NC(=O)C(C)SC)C(=O)O. The molecule has 5 heteroatoms. The predicted octanol–water partition coefficient (Wildman–Crippen LogP) is 1.27. The van der Waals surface area contributed by atoms with Crippen molar-refractivity contribution in [2.75, 3.05) is 6.26 Å². The number of carboxylic acid groups (broad SMARTS) is 1. The van der Waals surface area contributed by atoms with Gasteiger partial charge in [0.15, 0.2) is 0 Å². The molecule has 0 aromatic heterocycles. The predicted molar refractivity (Wildman–Crippen MR) is 62.0 cm³/mol. The number of hydrogen-bond donors (Lipinski definition) is 2. The summed E-state index contributed by atoms with van der Waals surface area (Å²) in [6.07, 6.45) is 4.40. The maximum absolute atomic E-state index is 11.4. The minimum Gasteiger partial charge on any atom is -0.480 e. The maximum Gasteiger partial charge on any atom is 0.326 e. The van der Waals surface area contributed by atoms with Gasteiger partial charge in [-0.25, -0.2) is 4.79 Å². The van der Waals surface area contributed by atoms with Crippen molar-refractivity contribution in [2.24, 2.45) is 0 Å². The highest BCUT2D eigenvalue weighted by atomic mass is 32.2. The summed E-state index contributed by atoms with van der Waals surface area (Å²) >= 11 is 1.39. The summed E-state index contributed by atoms with van der Waals surface area (Å²) in [4.78, 5) is 22.2. The number of nitrogens with one attached hydrogen (secondary N) is 1. The first-order valence-corrected chi connectivity index (χ1v) is 5.98. The van der Waals surface area contributed by atoms with Crippen LogP contribution in [-0.4, -0.2) is 34.5 Å². The Morgan fingerprint density at radius 3 is 2.60 bits per heavy atom. The van der Waals surface area contributed by atoms with Crippen LogP contribution in [0.4, 0.5) is 0 Å². The van der Waals surface area contributed by atoms with Gasteiger partial charge in [0, 0.05) is 0 Å². The molecule has 0 bridgehead atoms. The minimum atomic E-state index is -1.00. The maximum atomic E-state index is 11.4. The van der Waals surface area contributed by atoms with Crippen molar-refractivity contribution in [3.8, 4) is 0 Å². The number of carbonyl (C=O) groups excluding carboxylic acids is 1. The van der Waals surface area contributed by atoms with E-state index in [-0.39, 0.29) is 11.2 Å². The van der Waals surface area contributed by atoms with Crippen molar-refractivity contribution >= 4 is 23.6 Å². The third-order valence-electron chi connectivity index (χ3n) is 2.00. The summed E-state index contributed by atoms with van der Waals surface area (Å²) in [5.74, 6) is -1.24. The molecule has 15 heavy (non-hydrogen) atoms. The zero-order valence-corrected chi connectivity index (χ0v) is 9.84. The van der Waals surface area contributed by atoms with Crippen molar-refractivity contribution in [2.45, 2.75) is 31.1 Å². The number of carboxylic acids is 1. The van der Waals surface area contributed by atoms with Crippen LogP contribution < -0.4 is 5.32 Å². The summed E-state index contributed by atoms with van der Waals surface area (Å²) < 4.78 is 0. The van der Waals surface area contributed by atoms with E-state index in [9.17, 15) is 9.59 Å². The Kier molecular flexibility index (Phi) is 6.86. The van der Waals surface area contributed by atoms with Crippen molar-refractivity contribution in [3.05, 3.63) is 12.7 Å². The minimum absolute atomic E-state index is 0.226. The molecule has 0 radical (unpaired) electrons. The number of carbonyl (C=O) groups is 2. The lowest BCUT2D eigenvalue weighted by molar-refractivity contribution is -0.141. The van der Waals surface area contributed by atoms with Crippen LogP contribution in [0.3, 0.4) is 0 Å². The Bertz CT molecular complexity index is 243. The molecular weight excluding hydrogens is 214 g/mol. The van der Waals surface area contributed by atoms with Crippen molar-refractivity contribution in [1.82, 2.24) is 5.32 Å². The largest absolute Gasteiger partial charge is 0.480 e. The molecule has 0 aliphatic carbocycles. The molecule has 0 aromatic rings. The van der Waals surface area contributed by atoms with E-state index in [0.717, 1.165) is 0 Å². The number of hydrogen-bond acceptors (Lipinski definition) is 3. The summed E-state index contributed by atoms with van der Waals surface area (Å²) in [5.41, 5.74) is 0. The Morgan fingerprint density at radius 1 is 1.60 bits per heavy atom. The molecule has 2 unspecified atom stereocenters. The van der Waals surface area contributed by atoms with Crippen LogP contribution in [0.5, 0.6) is 0 Å². The smallest absolute Gasteiger partial charge is 0.326 e. The molecule has 4 nitrogen and oxygen atoms in total. The van der Waals surface area contributed by atoms with Crippen molar-refractivity contribution < 1.29 is 14.7 Å². The molecule has 0 saturated carbocycles. The highest BCUT2D eigenvalue weighted by Crippen LogP contribution is 2.06. The van der Waals surface area contributed by atoms with Crippen LogP contribution in [-0.2, 0) is 9.59 Å². The van der Waals surface area contributed by atoms with Gasteiger partial charge < -0.3 is 10.4 Å². The zero-order chi connectivity index (χ0) is 11.8. The fourth-order valence-electron chi connectivity index (χ4n) is 0.938. The van der Waals surface area contributed by atoms with Gasteiger partial charge in [0.1, 0.15) is 6.04 Å². The Morgan fingerprint density at radius 2 is 2.20 bits per heavy atom. The van der Waals surface area contributed by atoms with Crippen LogP contribution >= 0.6 is 11.8 Å². The van der Waals surface area contributed by atoms with Gasteiger partial charge in [-0.1, -0.05) is 6.08 Å². The quantitative estimate of drug-likeness (QED) is 0.648. The molecule has 2 atom stereocenters. The molecule has 0 aliphatic rings. The third-order valence-corrected chi connectivity index (χ3v) is 2.92. The Balaban J connectivity index is 4.21. The van der Waals surface area contributed by atoms with Crippen molar-refractivity contribution in [3.63, 3.8) is 0 Å². The average Bonchev–Trinajstić information content (AvgIpc) is 2.22. The molecule has 1 amide bonds. The Hall–Kier alpha value is -0.970. The van der Waals surface area contributed by atoms with Crippen LogP contribution in [0, 0.1) is 0 Å². The lowest BCUT2D eigenvalue weighted by atomic mass is 10.1. The molecular formula is C10H17NO3S. The van der Waals surface area contributed by atoms with E-state index >= 15 is 0 Å². The normalized spacial score (nSPS) is 14.0. The van der Waals surface area contributed by atoms with Gasteiger partial charge in [0.25, 0.3) is 0 Å². The van der Waals surface area contributed by atoms with Crippen LogP contribution in [0.15, 0.2) is 12.7 Å². The fraction of sp³-hybridized carbons (Fsp3) is 0.600. The first-order chi connectivity index (χ1) is 7.02.